The predicted octanol–water partition coefficient (Wildman–Crippen LogP) is 20.8. The second-order valence-corrected chi connectivity index (χ2v) is 29.6. The molecule has 0 bridgehead atoms. The SMILES string of the molecule is CCCCCCCCCCCCCC(=O)O[C@H](COC(=O)CCCCCCCCC)COP(=O)(O)OC[C@H](O)COP(=O)(O)OC[C@@H](COC(=O)CCCCCCCCCCCCC(C)CC)OC(=O)CCCCCCCCCCCCCCCCCCC(C)C. The van der Waals surface area contributed by atoms with Crippen LogP contribution in [0.25, 0.3) is 0 Å². The molecule has 0 aromatic rings. The Kier molecular flexibility index (Phi) is 62.7. The first-order valence-corrected chi connectivity index (χ1v) is 40.5. The molecule has 0 radical (unpaired) electrons. The molecule has 0 spiro atoms. The van der Waals surface area contributed by atoms with Crippen LogP contribution in [0.4, 0.5) is 0 Å². The number of hydrogen-bond donors (Lipinski definition) is 3. The number of ether oxygens (including phenoxy) is 4. The predicted molar refractivity (Wildman–Crippen MR) is 368 cm³/mol. The number of carbonyl (C=O) groups is 4. The Labute approximate surface area is 556 Å². The third-order valence-electron chi connectivity index (χ3n) is 17.1. The topological polar surface area (TPSA) is 237 Å². The first-order chi connectivity index (χ1) is 43.9. The Morgan fingerprint density at radius 2 is 0.560 bits per heavy atom. The molecule has 0 aliphatic heterocycles. The summed E-state index contributed by atoms with van der Waals surface area (Å²) in [6, 6.07) is 0. The molecule has 3 N–H and O–H groups in total. The third-order valence-corrected chi connectivity index (χ3v) is 19.0. The van der Waals surface area contributed by atoms with E-state index in [1.54, 1.807) is 0 Å². The van der Waals surface area contributed by atoms with Crippen LogP contribution in [0.3, 0.4) is 0 Å². The number of aliphatic hydroxyl groups excluding tert-OH is 1. The van der Waals surface area contributed by atoms with Crippen LogP contribution >= 0.6 is 15.6 Å². The van der Waals surface area contributed by atoms with E-state index in [4.69, 9.17) is 37.0 Å². The molecule has 0 saturated heterocycles. The molecule has 3 unspecified atom stereocenters. The summed E-state index contributed by atoms with van der Waals surface area (Å²) < 4.78 is 68.2. The van der Waals surface area contributed by atoms with Crippen molar-refractivity contribution >= 4 is 39.5 Å². The summed E-state index contributed by atoms with van der Waals surface area (Å²) >= 11 is 0. The van der Waals surface area contributed by atoms with Gasteiger partial charge in [0.1, 0.15) is 19.3 Å². The van der Waals surface area contributed by atoms with Gasteiger partial charge in [0, 0.05) is 25.7 Å². The van der Waals surface area contributed by atoms with Crippen molar-refractivity contribution in [3.8, 4) is 0 Å². The molecule has 0 aliphatic rings. The summed E-state index contributed by atoms with van der Waals surface area (Å²) in [4.78, 5) is 72.5. The lowest BCUT2D eigenvalue weighted by molar-refractivity contribution is -0.161. The first kappa shape index (κ1) is 89.1. The summed E-state index contributed by atoms with van der Waals surface area (Å²) in [6.07, 6.45) is 50.0. The third kappa shape index (κ3) is 65.1. The van der Waals surface area contributed by atoms with Crippen molar-refractivity contribution in [3.05, 3.63) is 0 Å². The van der Waals surface area contributed by atoms with Crippen molar-refractivity contribution in [2.75, 3.05) is 39.6 Å². The lowest BCUT2D eigenvalue weighted by Crippen LogP contribution is -2.30. The smallest absolute Gasteiger partial charge is 0.462 e. The Balaban J connectivity index is 5.19. The van der Waals surface area contributed by atoms with E-state index in [9.17, 15) is 43.2 Å². The zero-order valence-electron chi connectivity index (χ0n) is 59.1. The lowest BCUT2D eigenvalue weighted by atomic mass is 9.99. The van der Waals surface area contributed by atoms with E-state index >= 15 is 0 Å². The number of phosphoric acid groups is 2. The molecular weight excluding hydrogens is 1200 g/mol. The van der Waals surface area contributed by atoms with E-state index < -0.39 is 97.5 Å². The molecule has 0 saturated carbocycles. The van der Waals surface area contributed by atoms with Gasteiger partial charge in [0.15, 0.2) is 12.2 Å². The average Bonchev–Trinajstić information content (AvgIpc) is 2.42. The van der Waals surface area contributed by atoms with Crippen LogP contribution in [0.5, 0.6) is 0 Å². The summed E-state index contributed by atoms with van der Waals surface area (Å²) in [5.41, 5.74) is 0. The molecule has 0 aromatic heterocycles. The molecule has 6 atom stereocenters. The number of rotatable bonds is 71. The Morgan fingerprint density at radius 1 is 0.319 bits per heavy atom. The van der Waals surface area contributed by atoms with Gasteiger partial charge < -0.3 is 33.8 Å². The maximum atomic E-state index is 13.0. The van der Waals surface area contributed by atoms with Gasteiger partial charge in [-0.25, -0.2) is 9.13 Å². The molecule has 0 amide bonds. The van der Waals surface area contributed by atoms with Gasteiger partial charge in [-0.05, 0) is 37.5 Å². The molecule has 0 aromatic carbocycles. The largest absolute Gasteiger partial charge is 0.472 e. The fraction of sp³-hybridized carbons (Fsp3) is 0.944. The molecule has 0 rings (SSSR count). The van der Waals surface area contributed by atoms with Gasteiger partial charge in [0.2, 0.25) is 0 Å². The summed E-state index contributed by atoms with van der Waals surface area (Å²) in [6.45, 7) is 9.58. The van der Waals surface area contributed by atoms with Crippen LogP contribution in [0.15, 0.2) is 0 Å². The number of carbonyl (C=O) groups excluding carboxylic acids is 4. The Hall–Kier alpha value is -1.94. The fourth-order valence-electron chi connectivity index (χ4n) is 10.9. The molecule has 19 heteroatoms. The van der Waals surface area contributed by atoms with Gasteiger partial charge in [-0.3, -0.25) is 37.3 Å². The van der Waals surface area contributed by atoms with Crippen molar-refractivity contribution in [1.82, 2.24) is 0 Å². The Morgan fingerprint density at radius 3 is 0.835 bits per heavy atom. The van der Waals surface area contributed by atoms with Crippen molar-refractivity contribution < 1.29 is 80.2 Å². The number of phosphoric ester groups is 2. The van der Waals surface area contributed by atoms with Crippen LogP contribution in [-0.2, 0) is 65.4 Å². The highest BCUT2D eigenvalue weighted by Crippen LogP contribution is 2.45. The average molecular weight is 1340 g/mol. The molecule has 0 aliphatic carbocycles. The van der Waals surface area contributed by atoms with Crippen LogP contribution in [-0.4, -0.2) is 96.7 Å². The lowest BCUT2D eigenvalue weighted by Gasteiger charge is -2.21. The summed E-state index contributed by atoms with van der Waals surface area (Å²) in [5.74, 6) is -0.506. The zero-order valence-corrected chi connectivity index (χ0v) is 60.9. The van der Waals surface area contributed by atoms with Crippen molar-refractivity contribution in [2.24, 2.45) is 11.8 Å². The number of hydrogen-bond acceptors (Lipinski definition) is 15. The highest BCUT2D eigenvalue weighted by atomic mass is 31.2. The van der Waals surface area contributed by atoms with E-state index in [0.717, 1.165) is 115 Å². The van der Waals surface area contributed by atoms with Gasteiger partial charge in [-0.1, -0.05) is 318 Å². The van der Waals surface area contributed by atoms with Crippen LogP contribution in [0.1, 0.15) is 369 Å². The maximum Gasteiger partial charge on any atom is 0.472 e. The molecule has 540 valence electrons. The van der Waals surface area contributed by atoms with Gasteiger partial charge >= 0.3 is 39.5 Å². The number of aliphatic hydroxyl groups is 1. The van der Waals surface area contributed by atoms with Gasteiger partial charge in [-0.15, -0.1) is 0 Å². The normalized spacial score (nSPS) is 14.4. The highest BCUT2D eigenvalue weighted by molar-refractivity contribution is 7.47. The van der Waals surface area contributed by atoms with Gasteiger partial charge in [0.05, 0.1) is 26.4 Å². The second kappa shape index (κ2) is 64.1. The van der Waals surface area contributed by atoms with Gasteiger partial charge in [0.25, 0.3) is 0 Å². The minimum atomic E-state index is -4.95. The highest BCUT2D eigenvalue weighted by Gasteiger charge is 2.30. The summed E-state index contributed by atoms with van der Waals surface area (Å²) in [7, 11) is -9.90. The fourth-order valence-corrected chi connectivity index (χ4v) is 12.5. The van der Waals surface area contributed by atoms with E-state index in [1.165, 1.54) is 173 Å². The molecule has 0 fully saturated rings. The van der Waals surface area contributed by atoms with Crippen molar-refractivity contribution in [2.45, 2.75) is 387 Å². The van der Waals surface area contributed by atoms with Crippen LogP contribution in [0, 0.1) is 11.8 Å². The Bertz CT molecular complexity index is 1770. The first-order valence-electron chi connectivity index (χ1n) is 37.5. The summed E-state index contributed by atoms with van der Waals surface area (Å²) in [5, 5.41) is 10.6. The minimum absolute atomic E-state index is 0.106. The second-order valence-electron chi connectivity index (χ2n) is 26.7. The van der Waals surface area contributed by atoms with Gasteiger partial charge in [-0.2, -0.15) is 0 Å². The van der Waals surface area contributed by atoms with Crippen molar-refractivity contribution in [3.63, 3.8) is 0 Å². The zero-order chi connectivity index (χ0) is 67.2. The minimum Gasteiger partial charge on any atom is -0.462 e. The molecule has 17 nitrogen and oxygen atoms in total. The molecular formula is C72H140O17P2. The molecule has 0 heterocycles. The van der Waals surface area contributed by atoms with Crippen LogP contribution < -0.4 is 0 Å². The quantitative estimate of drug-likeness (QED) is 0.0222. The molecule has 91 heavy (non-hydrogen) atoms. The van der Waals surface area contributed by atoms with E-state index in [-0.39, 0.29) is 25.7 Å². The van der Waals surface area contributed by atoms with E-state index in [2.05, 4.69) is 41.5 Å². The van der Waals surface area contributed by atoms with E-state index in [1.807, 2.05) is 0 Å². The monoisotopic (exact) mass is 1340 g/mol. The van der Waals surface area contributed by atoms with E-state index in [0.29, 0.717) is 25.7 Å². The number of unbranched alkanes of at least 4 members (excludes halogenated alkanes) is 40. The van der Waals surface area contributed by atoms with Crippen LogP contribution in [0.2, 0.25) is 0 Å². The van der Waals surface area contributed by atoms with Crippen molar-refractivity contribution in [1.29, 1.82) is 0 Å². The maximum absolute atomic E-state index is 13.0. The number of esters is 4. The standard InChI is InChI=1S/C72H140O17P2/c1-7-10-12-14-16-17-24-32-38-44-50-56-71(76)88-67(60-82-69(74)54-48-42-34-15-13-11-8-2)62-86-90(78,79)84-58-66(73)59-85-91(80,81)87-63-68(61-83-70(75)55-49-43-37-31-28-27-30-36-41-47-53-65(6)9-3)89-72(77)57-51-45-39-33-26-23-21-19-18-20-22-25-29-35-40-46-52-64(4)5/h64-68,73H,7-63H2,1-6H3,(H,78,79)(H,80,81)/t65?,66-,67+,68+/m0/s1.